The normalized spacial score (nSPS) is 13.1. The van der Waals surface area contributed by atoms with Crippen LogP contribution in [-0.4, -0.2) is 25.7 Å². The highest BCUT2D eigenvalue weighted by molar-refractivity contribution is 5.71. The summed E-state index contributed by atoms with van der Waals surface area (Å²) in [5.41, 5.74) is 0. The summed E-state index contributed by atoms with van der Waals surface area (Å²) >= 11 is 0. The van der Waals surface area contributed by atoms with Gasteiger partial charge in [0.05, 0.1) is 13.7 Å². The zero-order valence-corrected chi connectivity index (χ0v) is 12.9. The third-order valence-electron chi connectivity index (χ3n) is 2.12. The van der Waals surface area contributed by atoms with Crippen LogP contribution >= 0.6 is 0 Å². The van der Waals surface area contributed by atoms with Gasteiger partial charge in [-0.05, 0) is 12.8 Å². The molecule has 0 aromatic carbocycles. The molecule has 0 aromatic heterocycles. The second-order valence-corrected chi connectivity index (χ2v) is 2.94. The van der Waals surface area contributed by atoms with E-state index in [0.717, 1.165) is 0 Å². The minimum absolute atomic E-state index is 0.170. The lowest BCUT2D eigenvalue weighted by atomic mass is 10.2. The molecule has 0 saturated heterocycles. The summed E-state index contributed by atoms with van der Waals surface area (Å²) < 4.78 is 4.51. The molecule has 0 amide bonds. The Hall–Kier alpha value is -0.570. The molecule has 0 atom stereocenters. The van der Waals surface area contributed by atoms with E-state index < -0.39 is 0 Å². The summed E-state index contributed by atoms with van der Waals surface area (Å²) in [6, 6.07) is 0.550. The fourth-order valence-corrected chi connectivity index (χ4v) is 1.43. The first-order valence-electron chi connectivity index (χ1n) is 7.13. The van der Waals surface area contributed by atoms with Crippen molar-refractivity contribution in [3.8, 4) is 0 Å². The number of hydrogen-bond acceptors (Lipinski definition) is 3. The van der Waals surface area contributed by atoms with Crippen molar-refractivity contribution in [1.82, 2.24) is 5.32 Å². The van der Waals surface area contributed by atoms with Crippen molar-refractivity contribution in [3.63, 3.8) is 0 Å². The highest BCUT2D eigenvalue weighted by Crippen LogP contribution is 2.17. The van der Waals surface area contributed by atoms with Gasteiger partial charge in [-0.2, -0.15) is 0 Å². The fraction of sp³-hybridized carbons (Fsp3) is 0.929. The number of carbonyl (C=O) groups is 1. The van der Waals surface area contributed by atoms with Crippen molar-refractivity contribution in [1.29, 1.82) is 0 Å². The quantitative estimate of drug-likeness (QED) is 0.772. The number of carbonyl (C=O) groups excluding carboxylic acids is 1. The Labute approximate surface area is 108 Å². The van der Waals surface area contributed by atoms with E-state index in [0.29, 0.717) is 12.6 Å². The van der Waals surface area contributed by atoms with Crippen LogP contribution in [0.3, 0.4) is 0 Å². The van der Waals surface area contributed by atoms with E-state index in [1.165, 1.54) is 32.8 Å². The van der Waals surface area contributed by atoms with Crippen LogP contribution in [0.4, 0.5) is 0 Å². The maximum absolute atomic E-state index is 10.7. The molecule has 0 radical (unpaired) electrons. The van der Waals surface area contributed by atoms with Crippen molar-refractivity contribution in [2.75, 3.05) is 13.7 Å². The zero-order chi connectivity index (χ0) is 14.1. The van der Waals surface area contributed by atoms with Gasteiger partial charge < -0.3 is 10.1 Å². The lowest BCUT2D eigenvalue weighted by Crippen LogP contribution is -2.31. The van der Waals surface area contributed by atoms with Crippen LogP contribution in [-0.2, 0) is 9.53 Å². The zero-order valence-electron chi connectivity index (χ0n) is 12.9. The molecule has 1 rings (SSSR count). The van der Waals surface area contributed by atoms with Crippen LogP contribution in [0.2, 0.25) is 0 Å². The molecule has 1 fully saturated rings. The van der Waals surface area contributed by atoms with Gasteiger partial charge in [-0.25, -0.2) is 0 Å². The minimum atomic E-state index is -0.170. The molecule has 0 aromatic rings. The Morgan fingerprint density at radius 2 is 1.47 bits per heavy atom. The van der Waals surface area contributed by atoms with Crippen LogP contribution in [0.5, 0.6) is 0 Å². The topological polar surface area (TPSA) is 38.3 Å². The highest BCUT2D eigenvalue weighted by atomic mass is 16.5. The van der Waals surface area contributed by atoms with Crippen LogP contribution < -0.4 is 5.32 Å². The maximum Gasteiger partial charge on any atom is 0.319 e. The molecule has 0 unspecified atom stereocenters. The molecule has 1 N–H and O–H groups in total. The number of hydrogen-bond donors (Lipinski definition) is 1. The van der Waals surface area contributed by atoms with E-state index >= 15 is 0 Å². The monoisotopic (exact) mass is 247 g/mol. The Morgan fingerprint density at radius 3 is 1.82 bits per heavy atom. The van der Waals surface area contributed by atoms with E-state index in [-0.39, 0.29) is 5.97 Å². The van der Waals surface area contributed by atoms with Crippen LogP contribution in [0.25, 0.3) is 0 Å². The maximum atomic E-state index is 10.7. The molecule has 3 nitrogen and oxygen atoms in total. The van der Waals surface area contributed by atoms with E-state index in [9.17, 15) is 4.79 Å². The average molecular weight is 247 g/mol. The number of methoxy groups -OCH3 is 1. The van der Waals surface area contributed by atoms with Crippen molar-refractivity contribution in [3.05, 3.63) is 0 Å². The van der Waals surface area contributed by atoms with Gasteiger partial charge in [0, 0.05) is 6.04 Å². The van der Waals surface area contributed by atoms with Crippen LogP contribution in [0, 0.1) is 0 Å². The van der Waals surface area contributed by atoms with Crippen LogP contribution in [0.1, 0.15) is 67.2 Å². The number of nitrogens with one attached hydrogen (secondary N) is 1. The standard InChI is InChI=1S/C8H15NO2.3C2H6/c1-11-8(10)6-9-7-4-2-3-5-7;3*1-2/h7,9H,2-6H2,1H3;3*1-2H3. The largest absolute Gasteiger partial charge is 0.468 e. The van der Waals surface area contributed by atoms with E-state index in [1.54, 1.807) is 0 Å². The third-order valence-corrected chi connectivity index (χ3v) is 2.12. The van der Waals surface area contributed by atoms with Gasteiger partial charge in [0.15, 0.2) is 0 Å². The van der Waals surface area contributed by atoms with Gasteiger partial charge >= 0.3 is 5.97 Å². The molecule has 1 saturated carbocycles. The van der Waals surface area contributed by atoms with Gasteiger partial charge in [0.25, 0.3) is 0 Å². The lowest BCUT2D eigenvalue weighted by Gasteiger charge is -2.09. The summed E-state index contributed by atoms with van der Waals surface area (Å²) in [6.45, 7) is 12.4. The summed E-state index contributed by atoms with van der Waals surface area (Å²) in [4.78, 5) is 10.7. The Bertz CT molecular complexity index is 132. The Balaban J connectivity index is -0.000000285. The third kappa shape index (κ3) is 15.4. The van der Waals surface area contributed by atoms with Gasteiger partial charge in [-0.3, -0.25) is 4.79 Å². The SMILES string of the molecule is CC.CC.CC.COC(=O)CNC1CCCC1. The van der Waals surface area contributed by atoms with E-state index in [2.05, 4.69) is 10.1 Å². The number of rotatable bonds is 3. The molecule has 1 aliphatic carbocycles. The Kier molecular flexibility index (Phi) is 26.5. The molecule has 1 aliphatic rings. The molecular formula is C14H33NO2. The summed E-state index contributed by atoms with van der Waals surface area (Å²) in [5, 5.41) is 3.16. The Morgan fingerprint density at radius 1 is 1.06 bits per heavy atom. The van der Waals surface area contributed by atoms with Gasteiger partial charge in [0.1, 0.15) is 0 Å². The van der Waals surface area contributed by atoms with Gasteiger partial charge in [-0.15, -0.1) is 0 Å². The fourth-order valence-electron chi connectivity index (χ4n) is 1.43. The van der Waals surface area contributed by atoms with Crippen molar-refractivity contribution >= 4 is 5.97 Å². The first-order chi connectivity index (χ1) is 8.33. The number of esters is 1. The first-order valence-corrected chi connectivity index (χ1v) is 7.13. The lowest BCUT2D eigenvalue weighted by molar-refractivity contribution is -0.139. The second kappa shape index (κ2) is 20.8. The van der Waals surface area contributed by atoms with Gasteiger partial charge in [0.2, 0.25) is 0 Å². The average Bonchev–Trinajstić information content (AvgIpc) is 2.96. The molecule has 17 heavy (non-hydrogen) atoms. The van der Waals surface area contributed by atoms with Crippen molar-refractivity contribution < 1.29 is 9.53 Å². The molecule has 106 valence electrons. The summed E-state index contributed by atoms with van der Waals surface area (Å²) in [5.74, 6) is -0.170. The molecule has 0 heterocycles. The minimum Gasteiger partial charge on any atom is -0.468 e. The predicted molar refractivity (Wildman–Crippen MR) is 76.3 cm³/mol. The van der Waals surface area contributed by atoms with Crippen LogP contribution in [0.15, 0.2) is 0 Å². The summed E-state index contributed by atoms with van der Waals surface area (Å²) in [6.07, 6.45) is 4.99. The van der Waals surface area contributed by atoms with E-state index in [1.807, 2.05) is 41.5 Å². The molecule has 0 bridgehead atoms. The van der Waals surface area contributed by atoms with Gasteiger partial charge in [-0.1, -0.05) is 54.4 Å². The smallest absolute Gasteiger partial charge is 0.319 e. The predicted octanol–water partition coefficient (Wildman–Crippen LogP) is 3.77. The number of ether oxygens (including phenoxy) is 1. The molecule has 0 aliphatic heterocycles. The second-order valence-electron chi connectivity index (χ2n) is 2.94. The molecule has 0 spiro atoms. The molecular weight excluding hydrogens is 214 g/mol. The first kappa shape index (κ1) is 21.7. The summed E-state index contributed by atoms with van der Waals surface area (Å²) in [7, 11) is 1.42. The molecule has 3 heteroatoms. The van der Waals surface area contributed by atoms with E-state index in [4.69, 9.17) is 0 Å². The highest BCUT2D eigenvalue weighted by Gasteiger charge is 2.14. The van der Waals surface area contributed by atoms with Crippen molar-refractivity contribution in [2.45, 2.75) is 73.3 Å². The van der Waals surface area contributed by atoms with Crippen molar-refractivity contribution in [2.24, 2.45) is 0 Å².